The van der Waals surface area contributed by atoms with E-state index < -0.39 is 0 Å². The second-order valence-electron chi connectivity index (χ2n) is 3.86. The number of nitrogens with one attached hydrogen (secondary N) is 1. The molecular weight excluding hydrogens is 341 g/mol. The first kappa shape index (κ1) is 11.4. The van der Waals surface area contributed by atoms with Gasteiger partial charge in [0.05, 0.1) is 11.6 Å². The van der Waals surface area contributed by atoms with Crippen LogP contribution in [0.5, 0.6) is 0 Å². The van der Waals surface area contributed by atoms with Gasteiger partial charge in [-0.3, -0.25) is 4.68 Å². The average molecular weight is 351 g/mol. The molecule has 2 aromatic heterocycles. The molecule has 0 saturated heterocycles. The Balaban J connectivity index is 2.02. The van der Waals surface area contributed by atoms with Crippen molar-refractivity contribution in [1.29, 1.82) is 0 Å². The first-order chi connectivity index (χ1) is 8.74. The van der Waals surface area contributed by atoms with Crippen LogP contribution in [0.3, 0.4) is 0 Å². The molecule has 18 heavy (non-hydrogen) atoms. The molecule has 6 heteroatoms. The Morgan fingerprint density at radius 2 is 1.94 bits per heavy atom. The van der Waals surface area contributed by atoms with E-state index in [0.717, 1.165) is 22.5 Å². The average Bonchev–Trinajstić information content (AvgIpc) is 2.76. The summed E-state index contributed by atoms with van der Waals surface area (Å²) >= 11 is 2.28. The highest BCUT2D eigenvalue weighted by Crippen LogP contribution is 2.22. The van der Waals surface area contributed by atoms with Gasteiger partial charge in [-0.15, -0.1) is 0 Å². The molecule has 0 fully saturated rings. The summed E-state index contributed by atoms with van der Waals surface area (Å²) in [5, 5.41) is 8.38. The predicted molar refractivity (Wildman–Crippen MR) is 78.7 cm³/mol. The van der Waals surface area contributed by atoms with Crippen LogP contribution in [0.25, 0.3) is 11.0 Å². The maximum absolute atomic E-state index is 4.26. The number of hydrogen-bond acceptors (Lipinski definition) is 4. The molecule has 0 aliphatic carbocycles. The summed E-state index contributed by atoms with van der Waals surface area (Å²) in [5.41, 5.74) is 1.82. The van der Waals surface area contributed by atoms with Gasteiger partial charge in [0.2, 0.25) is 0 Å². The minimum Gasteiger partial charge on any atom is -0.340 e. The number of benzene rings is 1. The van der Waals surface area contributed by atoms with E-state index in [1.807, 2.05) is 31.3 Å². The minimum atomic E-state index is 0.773. The Hall–Kier alpha value is -1.70. The van der Waals surface area contributed by atoms with Crippen LogP contribution in [0.1, 0.15) is 0 Å². The van der Waals surface area contributed by atoms with Crippen molar-refractivity contribution in [1.82, 2.24) is 19.7 Å². The number of fused-ring (bicyclic) bond motifs is 1. The number of aromatic nitrogens is 4. The van der Waals surface area contributed by atoms with Gasteiger partial charge in [0.15, 0.2) is 5.65 Å². The topological polar surface area (TPSA) is 55.6 Å². The van der Waals surface area contributed by atoms with Gasteiger partial charge in [-0.05, 0) is 46.9 Å². The zero-order valence-corrected chi connectivity index (χ0v) is 11.8. The quantitative estimate of drug-likeness (QED) is 0.722. The van der Waals surface area contributed by atoms with E-state index in [1.165, 1.54) is 3.57 Å². The molecule has 0 aliphatic rings. The molecule has 90 valence electrons. The Kier molecular flexibility index (Phi) is 2.86. The van der Waals surface area contributed by atoms with Crippen LogP contribution in [-0.4, -0.2) is 19.7 Å². The zero-order chi connectivity index (χ0) is 12.5. The summed E-state index contributed by atoms with van der Waals surface area (Å²) in [4.78, 5) is 8.47. The van der Waals surface area contributed by atoms with E-state index in [1.54, 1.807) is 17.2 Å². The summed E-state index contributed by atoms with van der Waals surface area (Å²) in [5.74, 6) is 0.773. The highest BCUT2D eigenvalue weighted by Gasteiger charge is 2.07. The third-order valence-corrected chi connectivity index (χ3v) is 3.36. The van der Waals surface area contributed by atoms with Crippen molar-refractivity contribution >= 4 is 45.1 Å². The lowest BCUT2D eigenvalue weighted by atomic mass is 10.3. The molecule has 3 rings (SSSR count). The van der Waals surface area contributed by atoms with Crippen LogP contribution in [0, 0.1) is 3.57 Å². The van der Waals surface area contributed by atoms with Crippen molar-refractivity contribution in [3.8, 4) is 0 Å². The molecule has 0 radical (unpaired) electrons. The van der Waals surface area contributed by atoms with Crippen LogP contribution in [0.4, 0.5) is 11.5 Å². The van der Waals surface area contributed by atoms with Gasteiger partial charge in [0.25, 0.3) is 0 Å². The highest BCUT2D eigenvalue weighted by molar-refractivity contribution is 14.1. The van der Waals surface area contributed by atoms with E-state index in [2.05, 4.69) is 43.0 Å². The molecule has 1 aromatic carbocycles. The van der Waals surface area contributed by atoms with Gasteiger partial charge in [0, 0.05) is 16.3 Å². The molecule has 0 amide bonds. The lowest BCUT2D eigenvalue weighted by Gasteiger charge is -2.06. The highest BCUT2D eigenvalue weighted by atomic mass is 127. The van der Waals surface area contributed by atoms with Crippen molar-refractivity contribution in [2.24, 2.45) is 7.05 Å². The van der Waals surface area contributed by atoms with Gasteiger partial charge in [-0.2, -0.15) is 5.10 Å². The maximum Gasteiger partial charge on any atom is 0.163 e. The molecule has 3 aromatic rings. The van der Waals surface area contributed by atoms with Gasteiger partial charge in [-0.1, -0.05) is 0 Å². The number of anilines is 2. The zero-order valence-electron chi connectivity index (χ0n) is 9.63. The molecule has 0 aliphatic heterocycles. The smallest absolute Gasteiger partial charge is 0.163 e. The number of hydrogen-bond donors (Lipinski definition) is 1. The Bertz CT molecular complexity index is 689. The first-order valence-corrected chi connectivity index (χ1v) is 6.47. The van der Waals surface area contributed by atoms with Crippen LogP contribution >= 0.6 is 22.6 Å². The van der Waals surface area contributed by atoms with E-state index in [4.69, 9.17) is 0 Å². The molecule has 0 atom stereocenters. The third-order valence-electron chi connectivity index (χ3n) is 2.64. The largest absolute Gasteiger partial charge is 0.340 e. The van der Waals surface area contributed by atoms with Crippen molar-refractivity contribution in [3.63, 3.8) is 0 Å². The molecule has 5 nitrogen and oxygen atoms in total. The molecule has 2 heterocycles. The summed E-state index contributed by atoms with van der Waals surface area (Å²) in [6, 6.07) is 8.13. The maximum atomic E-state index is 4.26. The summed E-state index contributed by atoms with van der Waals surface area (Å²) < 4.78 is 2.93. The Labute approximate surface area is 117 Å². The number of aryl methyl sites for hydroxylation is 1. The monoisotopic (exact) mass is 351 g/mol. The van der Waals surface area contributed by atoms with Crippen LogP contribution in [-0.2, 0) is 7.05 Å². The molecule has 0 spiro atoms. The molecular formula is C12H10IN5. The normalized spacial score (nSPS) is 10.8. The van der Waals surface area contributed by atoms with E-state index in [9.17, 15) is 0 Å². The lowest BCUT2D eigenvalue weighted by Crippen LogP contribution is -1.97. The number of rotatable bonds is 2. The second-order valence-corrected chi connectivity index (χ2v) is 5.11. The minimum absolute atomic E-state index is 0.773. The van der Waals surface area contributed by atoms with Crippen LogP contribution < -0.4 is 5.32 Å². The van der Waals surface area contributed by atoms with E-state index in [0.29, 0.717) is 0 Å². The van der Waals surface area contributed by atoms with Gasteiger partial charge < -0.3 is 5.32 Å². The summed E-state index contributed by atoms with van der Waals surface area (Å²) in [7, 11) is 1.87. The Morgan fingerprint density at radius 3 is 2.72 bits per heavy atom. The van der Waals surface area contributed by atoms with Gasteiger partial charge in [0.1, 0.15) is 12.1 Å². The number of halogens is 1. The molecule has 0 bridgehead atoms. The fourth-order valence-electron chi connectivity index (χ4n) is 1.73. The lowest BCUT2D eigenvalue weighted by molar-refractivity contribution is 0.785. The predicted octanol–water partition coefficient (Wildman–Crippen LogP) is 2.71. The summed E-state index contributed by atoms with van der Waals surface area (Å²) in [6.45, 7) is 0. The van der Waals surface area contributed by atoms with Crippen LogP contribution in [0.15, 0.2) is 36.8 Å². The first-order valence-electron chi connectivity index (χ1n) is 5.39. The Morgan fingerprint density at radius 1 is 1.17 bits per heavy atom. The van der Waals surface area contributed by atoms with Crippen molar-refractivity contribution < 1.29 is 0 Å². The fraction of sp³-hybridized carbons (Fsp3) is 0.0833. The molecule has 1 N–H and O–H groups in total. The standard InChI is InChI=1S/C12H10IN5/c1-18-12-10(6-16-18)11(14-7-15-12)17-9-4-2-8(13)3-5-9/h2-7H,1H3,(H,14,15,17). The van der Waals surface area contributed by atoms with E-state index in [-0.39, 0.29) is 0 Å². The third kappa shape index (κ3) is 2.03. The number of nitrogens with zero attached hydrogens (tertiary/aromatic N) is 4. The van der Waals surface area contributed by atoms with Crippen LogP contribution in [0.2, 0.25) is 0 Å². The van der Waals surface area contributed by atoms with Crippen molar-refractivity contribution in [3.05, 3.63) is 40.4 Å². The molecule has 0 saturated carbocycles. The van der Waals surface area contributed by atoms with Gasteiger partial charge >= 0.3 is 0 Å². The SMILES string of the molecule is Cn1ncc2c(Nc3ccc(I)cc3)ncnc21. The van der Waals surface area contributed by atoms with E-state index >= 15 is 0 Å². The second kappa shape index (κ2) is 4.52. The summed E-state index contributed by atoms with van der Waals surface area (Å²) in [6.07, 6.45) is 3.31. The molecule has 0 unspecified atom stereocenters. The van der Waals surface area contributed by atoms with Crippen molar-refractivity contribution in [2.45, 2.75) is 0 Å². The van der Waals surface area contributed by atoms with Gasteiger partial charge in [-0.25, -0.2) is 9.97 Å². The van der Waals surface area contributed by atoms with Crippen molar-refractivity contribution in [2.75, 3.05) is 5.32 Å². The fourth-order valence-corrected chi connectivity index (χ4v) is 2.09.